The fourth-order valence-electron chi connectivity index (χ4n) is 2.75. The van der Waals surface area contributed by atoms with Gasteiger partial charge >= 0.3 is 0 Å². The number of para-hydroxylation sites is 2. The van der Waals surface area contributed by atoms with Gasteiger partial charge in [0.2, 0.25) is 0 Å². The molecule has 0 aliphatic heterocycles. The number of benzene rings is 2. The summed E-state index contributed by atoms with van der Waals surface area (Å²) in [5.74, 6) is 0.804. The fraction of sp³-hybridized carbons (Fsp3) is 0.105. The minimum atomic E-state index is 0.804. The molecule has 4 nitrogen and oxygen atoms in total. The highest BCUT2D eigenvalue weighted by atomic mass is 32.2. The number of aromatic nitrogens is 4. The lowest BCUT2D eigenvalue weighted by Gasteiger charge is -2.09. The molecular weight excluding hydrogens is 316 g/mol. The zero-order valence-corrected chi connectivity index (χ0v) is 14.1. The van der Waals surface area contributed by atoms with Crippen LogP contribution in [0.1, 0.15) is 11.1 Å². The minimum absolute atomic E-state index is 0.804. The number of pyridine rings is 1. The number of thioether (sulfide) groups is 1. The van der Waals surface area contributed by atoms with E-state index < -0.39 is 0 Å². The molecule has 0 aliphatic rings. The van der Waals surface area contributed by atoms with Crippen molar-refractivity contribution in [2.45, 2.75) is 17.8 Å². The van der Waals surface area contributed by atoms with Gasteiger partial charge in [-0.25, -0.2) is 0 Å². The molecule has 2 aromatic carbocycles. The first-order valence-electron chi connectivity index (χ1n) is 7.74. The van der Waals surface area contributed by atoms with E-state index in [0.29, 0.717) is 0 Å². The lowest BCUT2D eigenvalue weighted by Crippen LogP contribution is -1.98. The van der Waals surface area contributed by atoms with Gasteiger partial charge in [0.05, 0.1) is 11.2 Å². The second-order valence-electron chi connectivity index (χ2n) is 5.55. The normalized spacial score (nSPS) is 11.0. The average Bonchev–Trinajstić information content (AvgIpc) is 3.08. The molecule has 0 saturated heterocycles. The monoisotopic (exact) mass is 332 g/mol. The number of rotatable bonds is 4. The first kappa shape index (κ1) is 14.9. The Balaban J connectivity index is 1.63. The maximum Gasteiger partial charge on any atom is 0.195 e. The molecule has 2 heterocycles. The van der Waals surface area contributed by atoms with Crippen molar-refractivity contribution in [1.82, 2.24) is 19.7 Å². The summed E-state index contributed by atoms with van der Waals surface area (Å²) in [7, 11) is 0. The topological polar surface area (TPSA) is 43.6 Å². The van der Waals surface area contributed by atoms with Crippen LogP contribution in [0.25, 0.3) is 16.6 Å². The smallest absolute Gasteiger partial charge is 0.195 e. The van der Waals surface area contributed by atoms with E-state index in [4.69, 9.17) is 0 Å². The van der Waals surface area contributed by atoms with Crippen molar-refractivity contribution in [3.05, 3.63) is 78.2 Å². The first-order valence-corrected chi connectivity index (χ1v) is 8.73. The molecule has 2 aromatic heterocycles. The number of aryl methyl sites for hydroxylation is 1. The molecule has 0 unspecified atom stereocenters. The van der Waals surface area contributed by atoms with Gasteiger partial charge in [-0.05, 0) is 30.2 Å². The molecule has 0 fully saturated rings. The maximum atomic E-state index is 4.52. The molecule has 0 N–H and O–H groups in total. The Bertz CT molecular complexity index is 988. The van der Waals surface area contributed by atoms with E-state index >= 15 is 0 Å². The predicted octanol–water partition coefficient (Wildman–Crippen LogP) is 4.42. The van der Waals surface area contributed by atoms with Gasteiger partial charge in [0.1, 0.15) is 6.33 Å². The molecule has 0 spiro atoms. The van der Waals surface area contributed by atoms with Gasteiger partial charge in [0, 0.05) is 17.3 Å². The highest BCUT2D eigenvalue weighted by molar-refractivity contribution is 7.98. The predicted molar refractivity (Wildman–Crippen MR) is 97.4 cm³/mol. The van der Waals surface area contributed by atoms with Crippen molar-refractivity contribution in [1.29, 1.82) is 0 Å². The minimum Gasteiger partial charge on any atom is -0.276 e. The zero-order chi connectivity index (χ0) is 16.4. The van der Waals surface area contributed by atoms with Crippen LogP contribution in [-0.2, 0) is 5.75 Å². The molecule has 0 radical (unpaired) electrons. The fourth-order valence-corrected chi connectivity index (χ4v) is 3.65. The summed E-state index contributed by atoms with van der Waals surface area (Å²) < 4.78 is 2.04. The van der Waals surface area contributed by atoms with Gasteiger partial charge in [0.15, 0.2) is 5.16 Å². The molecule has 0 saturated carbocycles. The Morgan fingerprint density at radius 3 is 2.79 bits per heavy atom. The Hall–Kier alpha value is -2.66. The van der Waals surface area contributed by atoms with Crippen LogP contribution in [0.2, 0.25) is 0 Å². The number of hydrogen-bond donors (Lipinski definition) is 0. The van der Waals surface area contributed by atoms with Crippen LogP contribution >= 0.6 is 11.8 Å². The number of fused-ring (bicyclic) bond motifs is 1. The number of nitrogens with zero attached hydrogens (tertiary/aromatic N) is 4. The Morgan fingerprint density at radius 1 is 1.00 bits per heavy atom. The van der Waals surface area contributed by atoms with Gasteiger partial charge in [-0.1, -0.05) is 54.2 Å². The molecule has 4 aromatic rings. The Morgan fingerprint density at radius 2 is 1.88 bits per heavy atom. The molecule has 0 atom stereocenters. The van der Waals surface area contributed by atoms with Gasteiger partial charge in [-0.2, -0.15) is 0 Å². The van der Waals surface area contributed by atoms with Crippen LogP contribution in [-0.4, -0.2) is 19.7 Å². The van der Waals surface area contributed by atoms with Crippen LogP contribution in [0.4, 0.5) is 0 Å². The van der Waals surface area contributed by atoms with Crippen molar-refractivity contribution in [2.24, 2.45) is 0 Å². The summed E-state index contributed by atoms with van der Waals surface area (Å²) in [6.45, 7) is 2.10. The van der Waals surface area contributed by atoms with Crippen LogP contribution in [0, 0.1) is 6.92 Å². The summed E-state index contributed by atoms with van der Waals surface area (Å²) in [6.07, 6.45) is 3.61. The Labute approximate surface area is 144 Å². The summed E-state index contributed by atoms with van der Waals surface area (Å²) >= 11 is 1.67. The molecule has 0 aliphatic carbocycles. The van der Waals surface area contributed by atoms with Crippen molar-refractivity contribution in [2.75, 3.05) is 0 Å². The van der Waals surface area contributed by atoms with Crippen molar-refractivity contribution < 1.29 is 0 Å². The van der Waals surface area contributed by atoms with Crippen molar-refractivity contribution >= 4 is 22.7 Å². The zero-order valence-electron chi connectivity index (χ0n) is 13.3. The lowest BCUT2D eigenvalue weighted by atomic mass is 10.1. The van der Waals surface area contributed by atoms with Gasteiger partial charge in [-0.15, -0.1) is 10.2 Å². The van der Waals surface area contributed by atoms with Gasteiger partial charge in [0.25, 0.3) is 0 Å². The molecule has 0 amide bonds. The highest BCUT2D eigenvalue weighted by Crippen LogP contribution is 2.27. The third-order valence-corrected chi connectivity index (χ3v) is 4.96. The van der Waals surface area contributed by atoms with Crippen LogP contribution < -0.4 is 0 Å². The van der Waals surface area contributed by atoms with E-state index in [2.05, 4.69) is 58.5 Å². The van der Waals surface area contributed by atoms with E-state index in [1.54, 1.807) is 18.1 Å². The SMILES string of the molecule is Cc1ccccc1-n1cnnc1SCc1cccc2cccnc12. The largest absolute Gasteiger partial charge is 0.276 e. The second kappa shape index (κ2) is 6.45. The van der Waals surface area contributed by atoms with E-state index in [0.717, 1.165) is 27.5 Å². The molecule has 118 valence electrons. The maximum absolute atomic E-state index is 4.52. The summed E-state index contributed by atoms with van der Waals surface area (Å²) in [4.78, 5) is 4.52. The first-order chi connectivity index (χ1) is 11.8. The molecule has 4 rings (SSSR count). The highest BCUT2D eigenvalue weighted by Gasteiger charge is 2.10. The van der Waals surface area contributed by atoms with Crippen molar-refractivity contribution in [3.8, 4) is 5.69 Å². The standard InChI is InChI=1S/C19H16N4S/c1-14-6-2-3-10-17(14)23-13-21-22-19(23)24-12-16-8-4-7-15-9-5-11-20-18(15)16/h2-11,13H,12H2,1H3. The quantitative estimate of drug-likeness (QED) is 0.519. The third kappa shape index (κ3) is 2.78. The van der Waals surface area contributed by atoms with E-state index in [9.17, 15) is 0 Å². The summed E-state index contributed by atoms with van der Waals surface area (Å²) in [5.41, 5.74) is 4.57. The van der Waals surface area contributed by atoms with Crippen LogP contribution in [0.5, 0.6) is 0 Å². The van der Waals surface area contributed by atoms with E-state index in [-0.39, 0.29) is 0 Å². The molecular formula is C19H16N4S. The van der Waals surface area contributed by atoms with Crippen molar-refractivity contribution in [3.63, 3.8) is 0 Å². The third-order valence-electron chi connectivity index (χ3n) is 3.96. The van der Waals surface area contributed by atoms with Gasteiger partial charge in [-0.3, -0.25) is 9.55 Å². The summed E-state index contributed by atoms with van der Waals surface area (Å²) in [6, 6.07) is 18.6. The van der Waals surface area contributed by atoms with E-state index in [1.165, 1.54) is 11.1 Å². The molecule has 5 heteroatoms. The average molecular weight is 332 g/mol. The lowest BCUT2D eigenvalue weighted by molar-refractivity contribution is 0.878. The summed E-state index contributed by atoms with van der Waals surface area (Å²) in [5, 5.41) is 10.4. The van der Waals surface area contributed by atoms with Crippen LogP contribution in [0.15, 0.2) is 72.3 Å². The molecule has 0 bridgehead atoms. The second-order valence-corrected chi connectivity index (χ2v) is 6.49. The number of hydrogen-bond acceptors (Lipinski definition) is 4. The van der Waals surface area contributed by atoms with Gasteiger partial charge < -0.3 is 0 Å². The molecule has 24 heavy (non-hydrogen) atoms. The van der Waals surface area contributed by atoms with E-state index in [1.807, 2.05) is 29.0 Å². The Kier molecular flexibility index (Phi) is 4.01. The van der Waals surface area contributed by atoms with Crippen LogP contribution in [0.3, 0.4) is 0 Å².